The minimum atomic E-state index is 0.808. The van der Waals surface area contributed by atoms with Crippen molar-refractivity contribution in [2.75, 3.05) is 0 Å². The van der Waals surface area contributed by atoms with Gasteiger partial charge in [-0.25, -0.2) is 0 Å². The lowest BCUT2D eigenvalue weighted by Gasteiger charge is -2.32. The quantitative estimate of drug-likeness (QED) is 0.649. The van der Waals surface area contributed by atoms with E-state index >= 15 is 0 Å². The molecule has 2 aliphatic rings. The second kappa shape index (κ2) is 4.10. The molecule has 0 amide bonds. The lowest BCUT2D eigenvalue weighted by Crippen LogP contribution is -2.23. The third kappa shape index (κ3) is 1.59. The Balaban J connectivity index is 1.80. The highest BCUT2D eigenvalue weighted by atomic mass is 14.5. The van der Waals surface area contributed by atoms with Crippen LogP contribution in [0.5, 0.6) is 0 Å². The van der Waals surface area contributed by atoms with Crippen molar-refractivity contribution < 1.29 is 0 Å². The smallest absolute Gasteiger partial charge is 0.0122 e. The minimum absolute atomic E-state index is 0.808. The molecule has 2 aliphatic carbocycles. The number of benzene rings is 2. The summed E-state index contributed by atoms with van der Waals surface area (Å²) < 4.78 is 0. The van der Waals surface area contributed by atoms with Crippen LogP contribution >= 0.6 is 0 Å². The highest BCUT2D eigenvalue weighted by Crippen LogP contribution is 2.59. The zero-order chi connectivity index (χ0) is 13.0. The lowest BCUT2D eigenvalue weighted by molar-refractivity contribution is 0.233. The van der Waals surface area contributed by atoms with Gasteiger partial charge in [0.25, 0.3) is 0 Å². The maximum atomic E-state index is 2.48. The van der Waals surface area contributed by atoms with Gasteiger partial charge in [-0.2, -0.15) is 0 Å². The summed E-state index contributed by atoms with van der Waals surface area (Å²) in [7, 11) is 0. The topological polar surface area (TPSA) is 0 Å². The van der Waals surface area contributed by atoms with E-state index in [1.165, 1.54) is 23.6 Å². The van der Waals surface area contributed by atoms with Crippen LogP contribution in [-0.2, 0) is 0 Å². The van der Waals surface area contributed by atoms with Gasteiger partial charge in [0.05, 0.1) is 0 Å². The summed E-state index contributed by atoms with van der Waals surface area (Å²) in [5.41, 5.74) is 1.62. The highest BCUT2D eigenvalue weighted by molar-refractivity contribution is 5.86. The van der Waals surface area contributed by atoms with Gasteiger partial charge in [-0.3, -0.25) is 0 Å². The van der Waals surface area contributed by atoms with E-state index in [2.05, 4.69) is 56.3 Å². The molecule has 3 unspecified atom stereocenters. The summed E-state index contributed by atoms with van der Waals surface area (Å²) >= 11 is 0. The van der Waals surface area contributed by atoms with E-state index in [0.29, 0.717) is 0 Å². The average Bonchev–Trinajstić information content (AvgIpc) is 2.99. The Morgan fingerprint density at radius 1 is 0.842 bits per heavy atom. The van der Waals surface area contributed by atoms with Crippen LogP contribution in [0.15, 0.2) is 42.5 Å². The Kier molecular flexibility index (Phi) is 2.48. The Morgan fingerprint density at radius 2 is 1.63 bits per heavy atom. The van der Waals surface area contributed by atoms with Crippen LogP contribution in [0.1, 0.15) is 38.2 Å². The van der Waals surface area contributed by atoms with Crippen molar-refractivity contribution in [1.29, 1.82) is 0 Å². The molecule has 0 heterocycles. The van der Waals surface area contributed by atoms with Crippen LogP contribution in [0, 0.1) is 23.7 Å². The fraction of sp³-hybridized carbons (Fsp3) is 0.474. The normalized spacial score (nSPS) is 37.1. The standard InChI is InChI=1S/C19H22/c1-12-13(2)18-10-15(12)11-19(18)17-9-5-7-14-6-3-4-8-16(14)17/h3-9,12-13,15,18-19H,10-11H2,1-2H3/t12?,13?,15-,18+,19?/m1/s1. The van der Waals surface area contributed by atoms with Gasteiger partial charge in [-0.15, -0.1) is 0 Å². The molecular formula is C19H22. The Hall–Kier alpha value is -1.30. The number of fused-ring (bicyclic) bond motifs is 3. The first kappa shape index (κ1) is 11.5. The zero-order valence-electron chi connectivity index (χ0n) is 11.8. The molecule has 5 atom stereocenters. The molecule has 0 saturated heterocycles. The Bertz CT molecular complexity index is 605. The van der Waals surface area contributed by atoms with Gasteiger partial charge in [0.1, 0.15) is 0 Å². The van der Waals surface area contributed by atoms with Crippen molar-refractivity contribution in [2.45, 2.75) is 32.6 Å². The van der Waals surface area contributed by atoms with E-state index in [-0.39, 0.29) is 0 Å². The first-order chi connectivity index (χ1) is 9.25. The van der Waals surface area contributed by atoms with E-state index in [9.17, 15) is 0 Å². The van der Waals surface area contributed by atoms with Crippen LogP contribution in [-0.4, -0.2) is 0 Å². The predicted octanol–water partition coefficient (Wildman–Crippen LogP) is 5.24. The van der Waals surface area contributed by atoms with Crippen LogP contribution in [0.2, 0.25) is 0 Å². The van der Waals surface area contributed by atoms with E-state index < -0.39 is 0 Å². The maximum Gasteiger partial charge on any atom is -0.0122 e. The molecule has 2 fully saturated rings. The van der Waals surface area contributed by atoms with Gasteiger partial charge in [-0.05, 0) is 58.8 Å². The molecule has 19 heavy (non-hydrogen) atoms. The van der Waals surface area contributed by atoms with Crippen molar-refractivity contribution >= 4 is 10.8 Å². The second-order valence-corrected chi connectivity index (χ2v) is 6.79. The third-order valence-electron chi connectivity index (χ3n) is 6.12. The second-order valence-electron chi connectivity index (χ2n) is 6.79. The number of rotatable bonds is 1. The largest absolute Gasteiger partial charge is 0.0620 e. The molecule has 0 aliphatic heterocycles. The van der Waals surface area contributed by atoms with Gasteiger partial charge in [-0.1, -0.05) is 56.3 Å². The molecule has 2 aromatic rings. The summed E-state index contributed by atoms with van der Waals surface area (Å²) in [4.78, 5) is 0. The molecule has 0 spiro atoms. The van der Waals surface area contributed by atoms with Crippen LogP contribution in [0.4, 0.5) is 0 Å². The van der Waals surface area contributed by atoms with E-state index in [1.807, 2.05) is 0 Å². The SMILES string of the molecule is CC1C(C)[C@@H]2C[C@@H]1CC2c1cccc2ccccc12. The monoisotopic (exact) mass is 250 g/mol. The van der Waals surface area contributed by atoms with Crippen molar-refractivity contribution in [2.24, 2.45) is 23.7 Å². The highest BCUT2D eigenvalue weighted by Gasteiger charge is 2.49. The summed E-state index contributed by atoms with van der Waals surface area (Å²) in [6, 6.07) is 15.8. The Morgan fingerprint density at radius 3 is 2.42 bits per heavy atom. The predicted molar refractivity (Wildman–Crippen MR) is 81.2 cm³/mol. The molecule has 0 N–H and O–H groups in total. The molecule has 0 aromatic heterocycles. The first-order valence-electron chi connectivity index (χ1n) is 7.73. The molecule has 0 heteroatoms. The van der Waals surface area contributed by atoms with Gasteiger partial charge in [0.15, 0.2) is 0 Å². The van der Waals surface area contributed by atoms with Crippen molar-refractivity contribution in [3.05, 3.63) is 48.0 Å². The molecule has 2 aromatic carbocycles. The number of hydrogen-bond acceptors (Lipinski definition) is 0. The molecular weight excluding hydrogens is 228 g/mol. The van der Waals surface area contributed by atoms with E-state index in [4.69, 9.17) is 0 Å². The maximum absolute atomic E-state index is 2.48. The van der Waals surface area contributed by atoms with Crippen LogP contribution in [0.3, 0.4) is 0 Å². The van der Waals surface area contributed by atoms with Gasteiger partial charge >= 0.3 is 0 Å². The van der Waals surface area contributed by atoms with Gasteiger partial charge in [0.2, 0.25) is 0 Å². The summed E-state index contributed by atoms with van der Waals surface area (Å²) in [6.45, 7) is 4.95. The molecule has 4 rings (SSSR count). The first-order valence-corrected chi connectivity index (χ1v) is 7.73. The Labute approximate surface area is 115 Å². The molecule has 0 radical (unpaired) electrons. The van der Waals surface area contributed by atoms with E-state index in [1.54, 1.807) is 5.56 Å². The zero-order valence-corrected chi connectivity index (χ0v) is 11.8. The molecule has 2 saturated carbocycles. The van der Waals surface area contributed by atoms with Crippen molar-refractivity contribution in [1.82, 2.24) is 0 Å². The van der Waals surface area contributed by atoms with Gasteiger partial charge in [0, 0.05) is 0 Å². The number of hydrogen-bond donors (Lipinski definition) is 0. The lowest BCUT2D eigenvalue weighted by atomic mass is 9.72. The minimum Gasteiger partial charge on any atom is -0.0620 e. The van der Waals surface area contributed by atoms with Crippen molar-refractivity contribution in [3.8, 4) is 0 Å². The fourth-order valence-corrected chi connectivity index (χ4v) is 4.87. The fourth-order valence-electron chi connectivity index (χ4n) is 4.87. The van der Waals surface area contributed by atoms with Crippen LogP contribution < -0.4 is 0 Å². The summed E-state index contributed by atoms with van der Waals surface area (Å²) in [6.07, 6.45) is 2.89. The van der Waals surface area contributed by atoms with Crippen molar-refractivity contribution in [3.63, 3.8) is 0 Å². The van der Waals surface area contributed by atoms with Crippen LogP contribution in [0.25, 0.3) is 10.8 Å². The van der Waals surface area contributed by atoms with Gasteiger partial charge < -0.3 is 0 Å². The molecule has 2 bridgehead atoms. The average molecular weight is 250 g/mol. The third-order valence-corrected chi connectivity index (χ3v) is 6.12. The summed E-state index contributed by atoms with van der Waals surface area (Å²) in [5, 5.41) is 2.89. The summed E-state index contributed by atoms with van der Waals surface area (Å²) in [5.74, 6) is 4.55. The molecule has 98 valence electrons. The molecule has 0 nitrogen and oxygen atoms in total. The van der Waals surface area contributed by atoms with E-state index in [0.717, 1.165) is 29.6 Å².